The fraction of sp³-hybridized carbons (Fsp3) is 0.312. The van der Waals surface area contributed by atoms with Gasteiger partial charge in [-0.2, -0.15) is 0 Å². The van der Waals surface area contributed by atoms with Crippen LogP contribution in [0, 0.1) is 5.92 Å². The minimum Gasteiger partial charge on any atom is -0.475 e. The minimum atomic E-state index is -1.16. The molecular formula is C16H16N2O5S. The number of carbonyl (C=O) groups is 3. The standard InChI is InChI=1S/C16H16N2O5S/c1-18-13(19)7-10(14(18)12-3-2-6-24-12)15(20)17-8-9-4-5-11(23-9)16(21)22/h2-6,10,14H,7-8H2,1H3,(H,17,20)(H,21,22)/t10-,14-/m0/s1. The number of rotatable bonds is 5. The number of hydrogen-bond donors (Lipinski definition) is 2. The van der Waals surface area contributed by atoms with Crippen molar-refractivity contribution in [2.24, 2.45) is 5.92 Å². The van der Waals surface area contributed by atoms with Gasteiger partial charge >= 0.3 is 5.97 Å². The molecule has 1 aliphatic rings. The van der Waals surface area contributed by atoms with E-state index in [2.05, 4.69) is 5.32 Å². The molecule has 2 aromatic heterocycles. The minimum absolute atomic E-state index is 0.0697. The predicted octanol–water partition coefficient (Wildman–Crippen LogP) is 1.88. The zero-order valence-electron chi connectivity index (χ0n) is 12.9. The summed E-state index contributed by atoms with van der Waals surface area (Å²) in [5.41, 5.74) is 0. The van der Waals surface area contributed by atoms with Gasteiger partial charge in [-0.25, -0.2) is 4.79 Å². The maximum atomic E-state index is 12.5. The molecule has 0 aliphatic carbocycles. The summed E-state index contributed by atoms with van der Waals surface area (Å²) in [7, 11) is 1.70. The first-order valence-corrected chi connectivity index (χ1v) is 8.24. The Bertz CT molecular complexity index is 767. The first-order valence-electron chi connectivity index (χ1n) is 7.36. The van der Waals surface area contributed by atoms with E-state index in [4.69, 9.17) is 9.52 Å². The van der Waals surface area contributed by atoms with Gasteiger partial charge in [0.25, 0.3) is 0 Å². The number of carbonyl (C=O) groups excluding carboxylic acids is 2. The molecule has 1 fully saturated rings. The van der Waals surface area contributed by atoms with Crippen molar-refractivity contribution in [3.8, 4) is 0 Å². The molecule has 0 saturated carbocycles. The summed E-state index contributed by atoms with van der Waals surface area (Å²) < 4.78 is 5.11. The van der Waals surface area contributed by atoms with E-state index in [9.17, 15) is 14.4 Å². The van der Waals surface area contributed by atoms with Gasteiger partial charge in [-0.05, 0) is 23.6 Å². The molecule has 2 amide bonds. The van der Waals surface area contributed by atoms with Crippen molar-refractivity contribution in [2.75, 3.05) is 7.05 Å². The molecule has 0 unspecified atom stereocenters. The van der Waals surface area contributed by atoms with Crippen molar-refractivity contribution in [1.82, 2.24) is 10.2 Å². The van der Waals surface area contributed by atoms with E-state index in [0.717, 1.165) is 4.88 Å². The Morgan fingerprint density at radius 2 is 2.21 bits per heavy atom. The Morgan fingerprint density at radius 1 is 1.42 bits per heavy atom. The second-order valence-electron chi connectivity index (χ2n) is 5.56. The van der Waals surface area contributed by atoms with Crippen molar-refractivity contribution >= 4 is 29.1 Å². The van der Waals surface area contributed by atoms with Crippen LogP contribution in [0.4, 0.5) is 0 Å². The van der Waals surface area contributed by atoms with Crippen LogP contribution in [0.1, 0.15) is 33.7 Å². The van der Waals surface area contributed by atoms with Gasteiger partial charge in [0.15, 0.2) is 0 Å². The van der Waals surface area contributed by atoms with Gasteiger partial charge in [0.05, 0.1) is 18.5 Å². The molecule has 1 aliphatic heterocycles. The molecule has 126 valence electrons. The number of likely N-dealkylation sites (tertiary alicyclic amines) is 1. The van der Waals surface area contributed by atoms with Crippen LogP contribution in [-0.4, -0.2) is 34.8 Å². The summed E-state index contributed by atoms with van der Waals surface area (Å²) in [6.45, 7) is 0.0810. The largest absolute Gasteiger partial charge is 0.475 e. The number of nitrogens with one attached hydrogen (secondary N) is 1. The lowest BCUT2D eigenvalue weighted by atomic mass is 9.98. The SMILES string of the molecule is CN1C(=O)C[C@H](C(=O)NCc2ccc(C(=O)O)o2)[C@H]1c1cccs1. The van der Waals surface area contributed by atoms with E-state index in [1.54, 1.807) is 11.9 Å². The highest BCUT2D eigenvalue weighted by atomic mass is 32.1. The molecule has 0 aromatic carbocycles. The molecule has 2 aromatic rings. The fourth-order valence-corrected chi connectivity index (χ4v) is 3.78. The van der Waals surface area contributed by atoms with Crippen molar-refractivity contribution in [3.63, 3.8) is 0 Å². The van der Waals surface area contributed by atoms with Crippen molar-refractivity contribution in [1.29, 1.82) is 0 Å². The fourth-order valence-electron chi connectivity index (χ4n) is 2.85. The summed E-state index contributed by atoms with van der Waals surface area (Å²) in [6.07, 6.45) is 0.156. The lowest BCUT2D eigenvalue weighted by molar-refractivity contribution is -0.128. The van der Waals surface area contributed by atoms with Crippen LogP contribution >= 0.6 is 11.3 Å². The second-order valence-corrected chi connectivity index (χ2v) is 6.54. The van der Waals surface area contributed by atoms with Gasteiger partial charge in [-0.3, -0.25) is 9.59 Å². The molecule has 2 atom stereocenters. The molecule has 8 heteroatoms. The van der Waals surface area contributed by atoms with Gasteiger partial charge < -0.3 is 19.7 Å². The molecule has 3 rings (SSSR count). The smallest absolute Gasteiger partial charge is 0.371 e. The highest BCUT2D eigenvalue weighted by Gasteiger charge is 2.43. The van der Waals surface area contributed by atoms with Gasteiger partial charge in [0.1, 0.15) is 5.76 Å². The van der Waals surface area contributed by atoms with Crippen LogP contribution < -0.4 is 5.32 Å². The van der Waals surface area contributed by atoms with Crippen molar-refractivity contribution < 1.29 is 23.9 Å². The molecule has 7 nitrogen and oxygen atoms in total. The Labute approximate surface area is 141 Å². The van der Waals surface area contributed by atoms with Crippen LogP contribution in [0.25, 0.3) is 0 Å². The normalized spacial score (nSPS) is 20.4. The highest BCUT2D eigenvalue weighted by Crippen LogP contribution is 2.39. The lowest BCUT2D eigenvalue weighted by Crippen LogP contribution is -2.33. The van der Waals surface area contributed by atoms with E-state index in [1.807, 2.05) is 17.5 Å². The third-order valence-corrected chi connectivity index (χ3v) is 5.01. The maximum Gasteiger partial charge on any atom is 0.371 e. The number of furan rings is 1. The summed E-state index contributed by atoms with van der Waals surface area (Å²) in [5, 5.41) is 13.5. The van der Waals surface area contributed by atoms with Crippen LogP contribution in [0.3, 0.4) is 0 Å². The molecule has 0 bridgehead atoms. The van der Waals surface area contributed by atoms with E-state index in [1.165, 1.54) is 23.5 Å². The first kappa shape index (κ1) is 16.3. The Morgan fingerprint density at radius 3 is 2.83 bits per heavy atom. The van der Waals surface area contributed by atoms with Crippen LogP contribution in [-0.2, 0) is 16.1 Å². The zero-order chi connectivity index (χ0) is 17.3. The lowest BCUT2D eigenvalue weighted by Gasteiger charge is -2.23. The number of amides is 2. The topological polar surface area (TPSA) is 99.9 Å². The maximum absolute atomic E-state index is 12.5. The van der Waals surface area contributed by atoms with Gasteiger partial charge in [-0.1, -0.05) is 6.07 Å². The number of carboxylic acid groups (broad SMARTS) is 1. The van der Waals surface area contributed by atoms with Gasteiger partial charge in [0, 0.05) is 18.3 Å². The molecule has 2 N–H and O–H groups in total. The number of hydrogen-bond acceptors (Lipinski definition) is 5. The summed E-state index contributed by atoms with van der Waals surface area (Å²) in [5.74, 6) is -1.78. The highest BCUT2D eigenvalue weighted by molar-refractivity contribution is 7.10. The van der Waals surface area contributed by atoms with E-state index in [-0.39, 0.29) is 36.6 Å². The first-order chi connectivity index (χ1) is 11.5. The van der Waals surface area contributed by atoms with E-state index >= 15 is 0 Å². The Kier molecular flexibility index (Phi) is 4.39. The Balaban J connectivity index is 1.69. The predicted molar refractivity (Wildman–Crippen MR) is 85.5 cm³/mol. The van der Waals surface area contributed by atoms with Gasteiger partial charge in [-0.15, -0.1) is 11.3 Å². The van der Waals surface area contributed by atoms with E-state index in [0.29, 0.717) is 5.76 Å². The molecule has 0 radical (unpaired) electrons. The molecule has 24 heavy (non-hydrogen) atoms. The Hall–Kier alpha value is -2.61. The van der Waals surface area contributed by atoms with Crippen molar-refractivity contribution in [3.05, 3.63) is 46.0 Å². The van der Waals surface area contributed by atoms with Crippen molar-refractivity contribution in [2.45, 2.75) is 19.0 Å². The number of carboxylic acids is 1. The van der Waals surface area contributed by atoms with Crippen LogP contribution in [0.15, 0.2) is 34.1 Å². The summed E-state index contributed by atoms with van der Waals surface area (Å²) in [4.78, 5) is 37.9. The summed E-state index contributed by atoms with van der Waals surface area (Å²) >= 11 is 1.51. The number of nitrogens with zero attached hydrogens (tertiary/aromatic N) is 1. The average Bonchev–Trinajstić information content (AvgIpc) is 3.26. The molecular weight excluding hydrogens is 332 g/mol. The number of aromatic carboxylic acids is 1. The molecule has 3 heterocycles. The third-order valence-electron chi connectivity index (χ3n) is 4.07. The van der Waals surface area contributed by atoms with E-state index < -0.39 is 11.9 Å². The molecule has 0 spiro atoms. The van der Waals surface area contributed by atoms with Crippen LogP contribution in [0.2, 0.25) is 0 Å². The number of thiophene rings is 1. The quantitative estimate of drug-likeness (QED) is 0.859. The monoisotopic (exact) mass is 348 g/mol. The second kappa shape index (κ2) is 6.48. The van der Waals surface area contributed by atoms with Gasteiger partial charge in [0.2, 0.25) is 17.6 Å². The zero-order valence-corrected chi connectivity index (χ0v) is 13.7. The van der Waals surface area contributed by atoms with Crippen LogP contribution in [0.5, 0.6) is 0 Å². The average molecular weight is 348 g/mol. The molecule has 1 saturated heterocycles. The third kappa shape index (κ3) is 3.05. The summed E-state index contributed by atoms with van der Waals surface area (Å²) in [6, 6.07) is 6.37.